The van der Waals surface area contributed by atoms with Crippen LogP contribution < -0.4 is 15.0 Å². The number of amides is 1. The van der Waals surface area contributed by atoms with Gasteiger partial charge in [-0.15, -0.1) is 0 Å². The van der Waals surface area contributed by atoms with Crippen LogP contribution in [0.5, 0.6) is 0 Å². The van der Waals surface area contributed by atoms with E-state index in [2.05, 4.69) is 54.2 Å². The highest BCUT2D eigenvalue weighted by Crippen LogP contribution is 2.50. The van der Waals surface area contributed by atoms with Crippen LogP contribution >= 0.6 is 0 Å². The third-order valence-electron chi connectivity index (χ3n) is 6.76. The van der Waals surface area contributed by atoms with Gasteiger partial charge in [0.2, 0.25) is 10.0 Å². The zero-order valence-electron chi connectivity index (χ0n) is 20.0. The molecule has 35 heavy (non-hydrogen) atoms. The van der Waals surface area contributed by atoms with Crippen molar-refractivity contribution >= 4 is 43.8 Å². The number of primary sulfonamides is 1. The molecule has 3 aromatic rings. The lowest BCUT2D eigenvalue weighted by Crippen LogP contribution is -2.23. The van der Waals surface area contributed by atoms with Crippen molar-refractivity contribution in [1.29, 1.82) is 0 Å². The number of rotatable bonds is 3. The van der Waals surface area contributed by atoms with Crippen LogP contribution in [0, 0.1) is 0 Å². The minimum absolute atomic E-state index is 0.0745. The highest BCUT2D eigenvalue weighted by Gasteiger charge is 2.39. The molecule has 0 atom stereocenters. The molecule has 2 N–H and O–H groups in total. The molecule has 0 fully saturated rings. The number of allylic oxidation sites excluding steroid dienone is 3. The first-order chi connectivity index (χ1) is 16.5. The Morgan fingerprint density at radius 1 is 1.00 bits per heavy atom. The van der Waals surface area contributed by atoms with E-state index in [0.717, 1.165) is 11.4 Å². The first-order valence-electron chi connectivity index (χ1n) is 11.2. The van der Waals surface area contributed by atoms with E-state index in [1.54, 1.807) is 19.1 Å². The summed E-state index contributed by atoms with van der Waals surface area (Å²) in [4.78, 5) is 15.3. The van der Waals surface area contributed by atoms with Gasteiger partial charge in [0.25, 0.3) is 5.91 Å². The molecule has 2 aliphatic rings. The van der Waals surface area contributed by atoms with Gasteiger partial charge in [-0.2, -0.15) is 10.1 Å². The number of hydrogen-bond donors (Lipinski definition) is 1. The van der Waals surface area contributed by atoms with Gasteiger partial charge in [0, 0.05) is 23.8 Å². The molecule has 2 heterocycles. The molecule has 0 radical (unpaired) electrons. The molecule has 3 aromatic carbocycles. The average molecular weight is 487 g/mol. The number of likely N-dealkylation sites (N-methyl/N-ethyl adjacent to an activating group) is 1. The van der Waals surface area contributed by atoms with Gasteiger partial charge < -0.3 is 4.90 Å². The topological polar surface area (TPSA) is 96.1 Å². The van der Waals surface area contributed by atoms with Gasteiger partial charge in [-0.1, -0.05) is 50.2 Å². The summed E-state index contributed by atoms with van der Waals surface area (Å²) < 4.78 is 23.5. The quantitative estimate of drug-likeness (QED) is 0.554. The van der Waals surface area contributed by atoms with Crippen molar-refractivity contribution in [3.8, 4) is 0 Å². The molecule has 8 heteroatoms. The van der Waals surface area contributed by atoms with E-state index in [0.29, 0.717) is 17.0 Å². The SMILES string of the molecule is CC1=NN(c2cccc(S(N)(=O)=O)c2)C(=O)/C1=C\C=C1\N(C)c2ccc3ccccc3c2C1(C)C. The van der Waals surface area contributed by atoms with Crippen molar-refractivity contribution in [1.82, 2.24) is 0 Å². The molecule has 1 amide bonds. The second-order valence-electron chi connectivity index (χ2n) is 9.34. The number of carbonyl (C=O) groups is 1. The summed E-state index contributed by atoms with van der Waals surface area (Å²) in [5, 5.41) is 13.2. The number of hydrogen-bond acceptors (Lipinski definition) is 5. The van der Waals surface area contributed by atoms with Crippen molar-refractivity contribution < 1.29 is 13.2 Å². The lowest BCUT2D eigenvalue weighted by atomic mass is 9.81. The lowest BCUT2D eigenvalue weighted by Gasteiger charge is -2.24. The summed E-state index contributed by atoms with van der Waals surface area (Å²) in [6.45, 7) is 6.14. The van der Waals surface area contributed by atoms with Gasteiger partial charge in [-0.25, -0.2) is 13.6 Å². The van der Waals surface area contributed by atoms with Crippen LogP contribution in [0.3, 0.4) is 0 Å². The zero-order valence-corrected chi connectivity index (χ0v) is 20.8. The van der Waals surface area contributed by atoms with Gasteiger partial charge in [0.1, 0.15) is 0 Å². The van der Waals surface area contributed by atoms with E-state index in [1.165, 1.54) is 39.5 Å². The minimum atomic E-state index is -3.90. The maximum absolute atomic E-state index is 13.2. The fourth-order valence-corrected chi connectivity index (χ4v) is 5.59. The van der Waals surface area contributed by atoms with Crippen molar-refractivity contribution in [3.05, 3.63) is 89.6 Å². The van der Waals surface area contributed by atoms with Crippen LogP contribution in [0.15, 0.2) is 94.1 Å². The fourth-order valence-electron chi connectivity index (χ4n) is 5.03. The zero-order chi connectivity index (χ0) is 25.1. The Morgan fingerprint density at radius 3 is 2.49 bits per heavy atom. The summed E-state index contributed by atoms with van der Waals surface area (Å²) in [7, 11) is -1.86. The maximum Gasteiger partial charge on any atom is 0.280 e. The fraction of sp³-hybridized carbons (Fsp3) is 0.185. The van der Waals surface area contributed by atoms with Gasteiger partial charge in [-0.05, 0) is 59.7 Å². The molecule has 0 saturated heterocycles. The van der Waals surface area contributed by atoms with Gasteiger partial charge in [0.05, 0.1) is 21.9 Å². The summed E-state index contributed by atoms with van der Waals surface area (Å²) in [5.41, 5.74) is 4.52. The molecular formula is C27H26N4O3S. The van der Waals surface area contributed by atoms with Crippen LogP contribution in [-0.4, -0.2) is 27.1 Å². The van der Waals surface area contributed by atoms with E-state index in [-0.39, 0.29) is 16.2 Å². The first-order valence-corrected chi connectivity index (χ1v) is 12.8. The molecule has 5 rings (SSSR count). The predicted molar refractivity (Wildman–Crippen MR) is 140 cm³/mol. The monoisotopic (exact) mass is 486 g/mol. The van der Waals surface area contributed by atoms with Gasteiger partial charge in [0.15, 0.2) is 0 Å². The Morgan fingerprint density at radius 2 is 1.74 bits per heavy atom. The Labute approximate surface area is 204 Å². The third kappa shape index (κ3) is 3.66. The number of nitrogens with zero attached hydrogens (tertiary/aromatic N) is 3. The van der Waals surface area contributed by atoms with Gasteiger partial charge in [-0.3, -0.25) is 4.79 Å². The number of carbonyl (C=O) groups excluding carboxylic acids is 1. The van der Waals surface area contributed by atoms with Crippen LogP contribution in [0.1, 0.15) is 26.3 Å². The number of hydrazone groups is 1. The van der Waals surface area contributed by atoms with Crippen molar-refractivity contribution in [2.24, 2.45) is 10.2 Å². The Bertz CT molecular complexity index is 1600. The van der Waals surface area contributed by atoms with E-state index in [1.807, 2.05) is 19.2 Å². The second kappa shape index (κ2) is 7.90. The molecule has 0 aliphatic carbocycles. The smallest absolute Gasteiger partial charge is 0.280 e. The number of benzene rings is 3. The molecule has 178 valence electrons. The largest absolute Gasteiger partial charge is 0.347 e. The summed E-state index contributed by atoms with van der Waals surface area (Å²) >= 11 is 0. The number of nitrogens with two attached hydrogens (primary N) is 1. The number of fused-ring (bicyclic) bond motifs is 3. The molecule has 0 saturated carbocycles. The minimum Gasteiger partial charge on any atom is -0.347 e. The van der Waals surface area contributed by atoms with Crippen LogP contribution in [-0.2, 0) is 20.2 Å². The van der Waals surface area contributed by atoms with E-state index < -0.39 is 10.0 Å². The second-order valence-corrected chi connectivity index (χ2v) is 10.9. The molecule has 0 bridgehead atoms. The highest BCUT2D eigenvalue weighted by molar-refractivity contribution is 7.89. The lowest BCUT2D eigenvalue weighted by molar-refractivity contribution is -0.114. The molecule has 7 nitrogen and oxygen atoms in total. The van der Waals surface area contributed by atoms with Crippen LogP contribution in [0.25, 0.3) is 10.8 Å². The summed E-state index contributed by atoms with van der Waals surface area (Å²) in [6, 6.07) is 18.5. The highest BCUT2D eigenvalue weighted by atomic mass is 32.2. The Hall–Kier alpha value is -3.75. The first kappa shape index (κ1) is 23.0. The van der Waals surface area contributed by atoms with Crippen molar-refractivity contribution in [2.75, 3.05) is 17.0 Å². The number of anilines is 2. The standard InChI is InChI=1S/C27H26N4O3S/c1-17-21(26(32)31(29-17)19-9-7-10-20(16-19)35(28,33)34)13-15-24-27(2,3)25-22-11-6-5-8-18(22)12-14-23(25)30(24)4/h5-16H,1-4H3,(H2,28,33,34)/b21-13-,24-15+. The maximum atomic E-state index is 13.2. The normalized spacial score (nSPS) is 19.7. The Balaban J connectivity index is 1.53. The van der Waals surface area contributed by atoms with Gasteiger partial charge >= 0.3 is 0 Å². The molecule has 2 aliphatic heterocycles. The Kier molecular flexibility index (Phi) is 5.19. The molecule has 0 aromatic heterocycles. The molecule has 0 unspecified atom stereocenters. The van der Waals surface area contributed by atoms with E-state index >= 15 is 0 Å². The third-order valence-corrected chi connectivity index (χ3v) is 7.67. The van der Waals surface area contributed by atoms with E-state index in [9.17, 15) is 13.2 Å². The number of sulfonamides is 1. The van der Waals surface area contributed by atoms with Crippen LogP contribution in [0.2, 0.25) is 0 Å². The average Bonchev–Trinajstić information content (AvgIpc) is 3.21. The molecule has 0 spiro atoms. The van der Waals surface area contributed by atoms with E-state index in [4.69, 9.17) is 5.14 Å². The summed E-state index contributed by atoms with van der Waals surface area (Å²) in [6.07, 6.45) is 3.78. The predicted octanol–water partition coefficient (Wildman–Crippen LogP) is 4.45. The van der Waals surface area contributed by atoms with Crippen molar-refractivity contribution in [2.45, 2.75) is 31.1 Å². The van der Waals surface area contributed by atoms with Crippen molar-refractivity contribution in [3.63, 3.8) is 0 Å². The van der Waals surface area contributed by atoms with Crippen LogP contribution in [0.4, 0.5) is 11.4 Å². The summed E-state index contributed by atoms with van der Waals surface area (Å²) in [5.74, 6) is -0.327. The molecular weight excluding hydrogens is 460 g/mol.